The first-order valence-corrected chi connectivity index (χ1v) is 12.5. The van der Waals surface area contributed by atoms with E-state index in [1.54, 1.807) is 12.1 Å². The fourth-order valence-electron chi connectivity index (χ4n) is 2.97. The third kappa shape index (κ3) is 11.7. The van der Waals surface area contributed by atoms with Gasteiger partial charge in [0.05, 0.1) is 11.3 Å². The maximum absolute atomic E-state index is 12.7. The first-order valence-electron chi connectivity index (χ1n) is 11.1. The van der Waals surface area contributed by atoms with E-state index in [9.17, 15) is 13.2 Å². The Bertz CT molecular complexity index is 940. The molecule has 2 unspecified atom stereocenters. The van der Waals surface area contributed by atoms with Crippen molar-refractivity contribution in [3.8, 4) is 23.7 Å². The number of carbonyl (C=O) groups is 1. The Morgan fingerprint density at radius 1 is 1.06 bits per heavy atom. The molecule has 0 radical (unpaired) electrons. The van der Waals surface area contributed by atoms with E-state index in [1.807, 2.05) is 6.92 Å². The second-order valence-electron chi connectivity index (χ2n) is 7.74. The number of hydrogen-bond acceptors (Lipinski definition) is 4. The van der Waals surface area contributed by atoms with Crippen molar-refractivity contribution in [2.75, 3.05) is 0 Å². The fraction of sp³-hybridized carbons (Fsp3) is 0.500. The summed E-state index contributed by atoms with van der Waals surface area (Å²) in [6, 6.07) is 6.47. The fourth-order valence-corrected chi connectivity index (χ4v) is 4.00. The van der Waals surface area contributed by atoms with Crippen molar-refractivity contribution in [1.82, 2.24) is 0 Å². The van der Waals surface area contributed by atoms with Gasteiger partial charge in [-0.25, -0.2) is 4.18 Å². The molecular formula is C26H34O5S. The van der Waals surface area contributed by atoms with Gasteiger partial charge in [0, 0.05) is 5.92 Å². The van der Waals surface area contributed by atoms with Crippen LogP contribution >= 0.6 is 0 Å². The van der Waals surface area contributed by atoms with Crippen molar-refractivity contribution in [3.63, 3.8) is 0 Å². The molecule has 1 N–H and O–H groups in total. The summed E-state index contributed by atoms with van der Waals surface area (Å²) in [6.07, 6.45) is 8.67. The van der Waals surface area contributed by atoms with Gasteiger partial charge in [0.25, 0.3) is 10.1 Å². The summed E-state index contributed by atoms with van der Waals surface area (Å²) in [5.41, 5.74) is 0.955. The molecule has 1 rings (SSSR count). The zero-order valence-electron chi connectivity index (χ0n) is 19.1. The van der Waals surface area contributed by atoms with Crippen LogP contribution in [0.15, 0.2) is 41.8 Å². The SMILES string of the molecule is C=CC(C#CC#CC(CCCCCCCCC)OS(=O)(=O)c1ccc(C)cc1)CC(=O)O. The van der Waals surface area contributed by atoms with Crippen LogP contribution in [0.3, 0.4) is 0 Å². The van der Waals surface area contributed by atoms with Crippen LogP contribution in [-0.4, -0.2) is 25.6 Å². The minimum atomic E-state index is -3.95. The zero-order chi connectivity index (χ0) is 23.8. The van der Waals surface area contributed by atoms with E-state index in [0.29, 0.717) is 6.42 Å². The molecule has 0 aliphatic rings. The molecular weight excluding hydrogens is 424 g/mol. The second kappa shape index (κ2) is 15.3. The van der Waals surface area contributed by atoms with Gasteiger partial charge in [0.1, 0.15) is 6.10 Å². The van der Waals surface area contributed by atoms with Gasteiger partial charge in [0.2, 0.25) is 0 Å². The number of hydrogen-bond donors (Lipinski definition) is 1. The van der Waals surface area contributed by atoms with E-state index >= 15 is 0 Å². The Morgan fingerprint density at radius 3 is 2.25 bits per heavy atom. The number of carboxylic acids is 1. The molecule has 32 heavy (non-hydrogen) atoms. The molecule has 5 nitrogen and oxygen atoms in total. The molecule has 0 saturated heterocycles. The van der Waals surface area contributed by atoms with Crippen LogP contribution in [0.1, 0.15) is 70.3 Å². The number of rotatable bonds is 14. The lowest BCUT2D eigenvalue weighted by Crippen LogP contribution is -2.17. The highest BCUT2D eigenvalue weighted by atomic mass is 32.2. The highest BCUT2D eigenvalue weighted by Crippen LogP contribution is 2.18. The molecule has 0 bridgehead atoms. The van der Waals surface area contributed by atoms with Crippen molar-refractivity contribution in [1.29, 1.82) is 0 Å². The maximum Gasteiger partial charge on any atom is 0.304 e. The lowest BCUT2D eigenvalue weighted by atomic mass is 10.1. The molecule has 0 heterocycles. The lowest BCUT2D eigenvalue weighted by molar-refractivity contribution is -0.137. The van der Waals surface area contributed by atoms with Gasteiger partial charge in [-0.15, -0.1) is 6.58 Å². The van der Waals surface area contributed by atoms with Crippen molar-refractivity contribution in [2.24, 2.45) is 5.92 Å². The molecule has 174 valence electrons. The number of aryl methyl sites for hydroxylation is 1. The van der Waals surface area contributed by atoms with E-state index in [-0.39, 0.29) is 11.3 Å². The normalized spacial score (nSPS) is 12.6. The van der Waals surface area contributed by atoms with E-state index in [0.717, 1.165) is 24.8 Å². The molecule has 2 atom stereocenters. The van der Waals surface area contributed by atoms with Crippen LogP contribution < -0.4 is 0 Å². The summed E-state index contributed by atoms with van der Waals surface area (Å²) in [5.74, 6) is 9.28. The molecule has 0 aliphatic heterocycles. The molecule has 0 aromatic heterocycles. The van der Waals surface area contributed by atoms with E-state index < -0.39 is 28.1 Å². The van der Waals surface area contributed by atoms with Crippen molar-refractivity contribution in [3.05, 3.63) is 42.5 Å². The van der Waals surface area contributed by atoms with Gasteiger partial charge in [-0.3, -0.25) is 4.79 Å². The first kappa shape index (κ1) is 27.5. The average molecular weight is 459 g/mol. The van der Waals surface area contributed by atoms with Crippen molar-refractivity contribution < 1.29 is 22.5 Å². The van der Waals surface area contributed by atoms with Crippen molar-refractivity contribution in [2.45, 2.75) is 82.6 Å². The summed E-state index contributed by atoms with van der Waals surface area (Å²) in [6.45, 7) is 7.63. The summed E-state index contributed by atoms with van der Waals surface area (Å²) in [5, 5.41) is 8.86. The number of aliphatic carboxylic acids is 1. The predicted octanol–water partition coefficient (Wildman–Crippen LogP) is 5.49. The third-order valence-electron chi connectivity index (χ3n) is 4.85. The maximum atomic E-state index is 12.7. The van der Waals surface area contributed by atoms with Gasteiger partial charge in [-0.1, -0.05) is 81.1 Å². The number of allylic oxidation sites excluding steroid dienone is 1. The standard InChI is InChI=1S/C26H34O5S/c1-4-6-7-8-9-10-11-15-24(16-13-12-14-23(5-2)21-26(27)28)31-32(29,30)25-19-17-22(3)18-20-25/h5,17-20,23-24H,2,4,6-11,15,21H2,1,3H3,(H,27,28). The molecule has 0 saturated carbocycles. The Labute approximate surface area is 193 Å². The summed E-state index contributed by atoms with van der Waals surface area (Å²) in [4.78, 5) is 10.9. The topological polar surface area (TPSA) is 80.7 Å². The number of unbranched alkanes of at least 4 members (excludes halogenated alkanes) is 6. The Balaban J connectivity index is 2.84. The lowest BCUT2D eigenvalue weighted by Gasteiger charge is -2.12. The van der Waals surface area contributed by atoms with Gasteiger partial charge in [0.15, 0.2) is 0 Å². The van der Waals surface area contributed by atoms with Crippen molar-refractivity contribution >= 4 is 16.1 Å². The predicted molar refractivity (Wildman–Crippen MR) is 127 cm³/mol. The molecule has 6 heteroatoms. The Morgan fingerprint density at radius 2 is 1.66 bits per heavy atom. The zero-order valence-corrected chi connectivity index (χ0v) is 19.9. The summed E-state index contributed by atoms with van der Waals surface area (Å²) >= 11 is 0. The Hall–Kier alpha value is -2.54. The molecule has 1 aromatic rings. The summed E-state index contributed by atoms with van der Waals surface area (Å²) in [7, 11) is -3.95. The van der Waals surface area contributed by atoms with Gasteiger partial charge in [-0.05, 0) is 43.7 Å². The average Bonchev–Trinajstić information content (AvgIpc) is 2.74. The van der Waals surface area contributed by atoms with E-state index in [1.165, 1.54) is 43.9 Å². The van der Waals surface area contributed by atoms with Gasteiger partial charge in [-0.2, -0.15) is 8.42 Å². The number of carboxylic acid groups (broad SMARTS) is 1. The minimum Gasteiger partial charge on any atom is -0.481 e. The molecule has 0 aliphatic carbocycles. The largest absolute Gasteiger partial charge is 0.481 e. The molecule has 0 fully saturated rings. The third-order valence-corrected chi connectivity index (χ3v) is 6.19. The van der Waals surface area contributed by atoms with Gasteiger partial charge < -0.3 is 5.11 Å². The Kier molecular flexibility index (Phi) is 13.1. The van der Waals surface area contributed by atoms with Crippen LogP contribution in [0.25, 0.3) is 0 Å². The molecule has 0 amide bonds. The molecule has 1 aromatic carbocycles. The molecule has 0 spiro atoms. The van der Waals surface area contributed by atoms with Crippen LogP contribution in [0, 0.1) is 36.5 Å². The second-order valence-corrected chi connectivity index (χ2v) is 9.31. The summed E-state index contributed by atoms with van der Waals surface area (Å²) < 4.78 is 30.8. The minimum absolute atomic E-state index is 0.0914. The quantitative estimate of drug-likeness (QED) is 0.172. The monoisotopic (exact) mass is 458 g/mol. The van der Waals surface area contributed by atoms with Crippen LogP contribution in [0.5, 0.6) is 0 Å². The first-order chi connectivity index (χ1) is 15.3. The van der Waals surface area contributed by atoms with E-state index in [4.69, 9.17) is 9.29 Å². The van der Waals surface area contributed by atoms with Gasteiger partial charge >= 0.3 is 5.97 Å². The van der Waals surface area contributed by atoms with E-state index in [2.05, 4.69) is 37.2 Å². The van der Waals surface area contributed by atoms with Crippen LogP contribution in [0.2, 0.25) is 0 Å². The number of benzene rings is 1. The van der Waals surface area contributed by atoms with Crippen LogP contribution in [0.4, 0.5) is 0 Å². The highest BCUT2D eigenvalue weighted by Gasteiger charge is 2.20. The smallest absolute Gasteiger partial charge is 0.304 e. The van der Waals surface area contributed by atoms with Crippen LogP contribution in [-0.2, 0) is 19.1 Å². The highest BCUT2D eigenvalue weighted by molar-refractivity contribution is 7.86.